The highest BCUT2D eigenvalue weighted by molar-refractivity contribution is 9.10. The van der Waals surface area contributed by atoms with E-state index in [4.69, 9.17) is 0 Å². The lowest BCUT2D eigenvalue weighted by Crippen LogP contribution is -2.17. The van der Waals surface area contributed by atoms with Gasteiger partial charge in [-0.1, -0.05) is 0 Å². The molecule has 0 atom stereocenters. The molecule has 1 amide bonds. The average Bonchev–Trinajstić information content (AvgIpc) is 2.34. The van der Waals surface area contributed by atoms with Gasteiger partial charge in [0.25, 0.3) is 5.91 Å². The van der Waals surface area contributed by atoms with E-state index in [1.54, 1.807) is 0 Å². The zero-order valence-corrected chi connectivity index (χ0v) is 12.2. The van der Waals surface area contributed by atoms with E-state index in [1.807, 2.05) is 0 Å². The SMILES string of the molecule is Cc1cc(F)c(Br)cc1NC(=O)c1c(F)cc(F)cc1F. The topological polar surface area (TPSA) is 29.1 Å². The first-order chi connectivity index (χ1) is 9.79. The van der Waals surface area contributed by atoms with Crippen molar-refractivity contribution in [1.82, 2.24) is 0 Å². The van der Waals surface area contributed by atoms with Crippen LogP contribution in [0.25, 0.3) is 0 Å². The molecule has 2 rings (SSSR count). The number of amides is 1. The van der Waals surface area contributed by atoms with Crippen molar-refractivity contribution in [3.8, 4) is 0 Å². The minimum Gasteiger partial charge on any atom is -0.322 e. The quantitative estimate of drug-likeness (QED) is 0.780. The van der Waals surface area contributed by atoms with Crippen molar-refractivity contribution < 1.29 is 22.4 Å². The maximum Gasteiger partial charge on any atom is 0.261 e. The van der Waals surface area contributed by atoms with Crippen LogP contribution in [0.5, 0.6) is 0 Å². The summed E-state index contributed by atoms with van der Waals surface area (Å²) in [4.78, 5) is 11.9. The van der Waals surface area contributed by atoms with E-state index in [0.717, 1.165) is 6.07 Å². The highest BCUT2D eigenvalue weighted by Gasteiger charge is 2.20. The smallest absolute Gasteiger partial charge is 0.261 e. The van der Waals surface area contributed by atoms with Crippen LogP contribution >= 0.6 is 15.9 Å². The van der Waals surface area contributed by atoms with Gasteiger partial charge in [-0.15, -0.1) is 0 Å². The van der Waals surface area contributed by atoms with Crippen molar-refractivity contribution in [2.75, 3.05) is 5.32 Å². The number of rotatable bonds is 2. The van der Waals surface area contributed by atoms with Gasteiger partial charge in [0.05, 0.1) is 4.47 Å². The average molecular weight is 362 g/mol. The first-order valence-electron chi connectivity index (χ1n) is 5.71. The van der Waals surface area contributed by atoms with E-state index >= 15 is 0 Å². The molecule has 21 heavy (non-hydrogen) atoms. The van der Waals surface area contributed by atoms with Gasteiger partial charge in [-0.3, -0.25) is 4.79 Å². The third-order valence-corrected chi connectivity index (χ3v) is 3.36. The van der Waals surface area contributed by atoms with Crippen LogP contribution in [0, 0.1) is 30.2 Å². The molecule has 0 heterocycles. The Hall–Kier alpha value is -1.89. The molecule has 0 aliphatic heterocycles. The fraction of sp³-hybridized carbons (Fsp3) is 0.0714. The fourth-order valence-corrected chi connectivity index (χ4v) is 2.07. The van der Waals surface area contributed by atoms with Crippen molar-refractivity contribution in [2.24, 2.45) is 0 Å². The van der Waals surface area contributed by atoms with Crippen LogP contribution in [0.3, 0.4) is 0 Å². The maximum absolute atomic E-state index is 13.5. The number of nitrogens with one attached hydrogen (secondary N) is 1. The molecule has 1 N–H and O–H groups in total. The lowest BCUT2D eigenvalue weighted by atomic mass is 10.1. The molecule has 0 unspecified atom stereocenters. The van der Waals surface area contributed by atoms with E-state index < -0.39 is 34.7 Å². The number of carbonyl (C=O) groups excluding carboxylic acids is 1. The summed E-state index contributed by atoms with van der Waals surface area (Å²) in [6.45, 7) is 1.52. The predicted molar refractivity (Wildman–Crippen MR) is 73.1 cm³/mol. The monoisotopic (exact) mass is 361 g/mol. The van der Waals surface area contributed by atoms with Crippen molar-refractivity contribution in [3.05, 3.63) is 63.1 Å². The van der Waals surface area contributed by atoms with Crippen molar-refractivity contribution in [2.45, 2.75) is 6.92 Å². The van der Waals surface area contributed by atoms with Gasteiger partial charge in [0.2, 0.25) is 0 Å². The second-order valence-corrected chi connectivity index (χ2v) is 5.13. The van der Waals surface area contributed by atoms with Crippen LogP contribution in [0.1, 0.15) is 15.9 Å². The highest BCUT2D eigenvalue weighted by atomic mass is 79.9. The summed E-state index contributed by atoms with van der Waals surface area (Å²) in [7, 11) is 0. The summed E-state index contributed by atoms with van der Waals surface area (Å²) in [6.07, 6.45) is 0. The number of halogens is 5. The maximum atomic E-state index is 13.5. The molecule has 0 radical (unpaired) electrons. The molecule has 0 aliphatic carbocycles. The third kappa shape index (κ3) is 3.24. The van der Waals surface area contributed by atoms with Crippen LogP contribution in [0.2, 0.25) is 0 Å². The second-order valence-electron chi connectivity index (χ2n) is 4.28. The number of benzene rings is 2. The summed E-state index contributed by atoms with van der Waals surface area (Å²) < 4.78 is 53.2. The summed E-state index contributed by atoms with van der Waals surface area (Å²) in [6, 6.07) is 3.23. The minimum atomic E-state index is -1.32. The number of hydrogen-bond donors (Lipinski definition) is 1. The van der Waals surface area contributed by atoms with Gasteiger partial charge < -0.3 is 5.32 Å². The first-order valence-corrected chi connectivity index (χ1v) is 6.50. The van der Waals surface area contributed by atoms with Crippen LogP contribution in [-0.2, 0) is 0 Å². The number of aryl methyl sites for hydroxylation is 1. The van der Waals surface area contributed by atoms with Crippen molar-refractivity contribution >= 4 is 27.5 Å². The molecule has 2 aromatic rings. The van der Waals surface area contributed by atoms with E-state index in [0.29, 0.717) is 17.7 Å². The molecule has 0 aliphatic rings. The van der Waals surface area contributed by atoms with Crippen molar-refractivity contribution in [3.63, 3.8) is 0 Å². The highest BCUT2D eigenvalue weighted by Crippen LogP contribution is 2.25. The summed E-state index contributed by atoms with van der Waals surface area (Å²) in [5.41, 5.74) is -0.361. The number of hydrogen-bond acceptors (Lipinski definition) is 1. The van der Waals surface area contributed by atoms with Crippen LogP contribution in [-0.4, -0.2) is 5.91 Å². The Kier molecular flexibility index (Phi) is 4.32. The minimum absolute atomic E-state index is 0.0865. The summed E-state index contributed by atoms with van der Waals surface area (Å²) in [5.74, 6) is -5.38. The fourth-order valence-electron chi connectivity index (χ4n) is 1.72. The Labute approximate surface area is 125 Å². The molecule has 0 saturated carbocycles. The summed E-state index contributed by atoms with van der Waals surface area (Å²) in [5, 5.41) is 2.26. The van der Waals surface area contributed by atoms with Gasteiger partial charge >= 0.3 is 0 Å². The second kappa shape index (κ2) is 5.85. The summed E-state index contributed by atoms with van der Waals surface area (Å²) >= 11 is 2.94. The molecule has 2 nitrogen and oxygen atoms in total. The van der Waals surface area contributed by atoms with E-state index in [1.165, 1.54) is 13.0 Å². The number of anilines is 1. The Balaban J connectivity index is 2.37. The first kappa shape index (κ1) is 15.5. The van der Waals surface area contributed by atoms with Gasteiger partial charge in [-0.25, -0.2) is 17.6 Å². The Morgan fingerprint density at radius 2 is 1.57 bits per heavy atom. The zero-order chi connectivity index (χ0) is 15.7. The van der Waals surface area contributed by atoms with Crippen LogP contribution in [0.4, 0.5) is 23.2 Å². The molecular formula is C14H8BrF4NO. The molecule has 110 valence electrons. The Morgan fingerprint density at radius 1 is 1.00 bits per heavy atom. The predicted octanol–water partition coefficient (Wildman–Crippen LogP) is 4.57. The van der Waals surface area contributed by atoms with Gasteiger partial charge in [0.1, 0.15) is 28.8 Å². The van der Waals surface area contributed by atoms with E-state index in [-0.39, 0.29) is 10.2 Å². The van der Waals surface area contributed by atoms with E-state index in [9.17, 15) is 22.4 Å². The molecule has 0 aromatic heterocycles. The van der Waals surface area contributed by atoms with Gasteiger partial charge in [0.15, 0.2) is 0 Å². The molecule has 2 aromatic carbocycles. The largest absolute Gasteiger partial charge is 0.322 e. The van der Waals surface area contributed by atoms with Crippen LogP contribution < -0.4 is 5.32 Å². The number of carbonyl (C=O) groups is 1. The third-order valence-electron chi connectivity index (χ3n) is 2.75. The lowest BCUT2D eigenvalue weighted by molar-refractivity contribution is 0.101. The normalized spacial score (nSPS) is 10.6. The molecular weight excluding hydrogens is 354 g/mol. The Morgan fingerprint density at radius 3 is 2.14 bits per heavy atom. The standard InChI is InChI=1S/C14H8BrF4NO/c1-6-2-9(17)8(15)5-12(6)20-14(21)13-10(18)3-7(16)4-11(13)19/h2-5H,1H3,(H,20,21). The van der Waals surface area contributed by atoms with E-state index in [2.05, 4.69) is 21.2 Å². The van der Waals surface area contributed by atoms with Crippen LogP contribution in [0.15, 0.2) is 28.7 Å². The molecule has 0 spiro atoms. The van der Waals surface area contributed by atoms with Gasteiger partial charge in [-0.2, -0.15) is 0 Å². The Bertz CT molecular complexity index is 710. The lowest BCUT2D eigenvalue weighted by Gasteiger charge is -2.10. The molecule has 0 bridgehead atoms. The molecule has 0 fully saturated rings. The van der Waals surface area contributed by atoms with Gasteiger partial charge in [-0.05, 0) is 40.5 Å². The molecule has 7 heteroatoms. The van der Waals surface area contributed by atoms with Gasteiger partial charge in [0, 0.05) is 17.8 Å². The molecule has 0 saturated heterocycles. The zero-order valence-electron chi connectivity index (χ0n) is 10.6. The van der Waals surface area contributed by atoms with Crippen molar-refractivity contribution in [1.29, 1.82) is 0 Å².